The Morgan fingerprint density at radius 1 is 0.900 bits per heavy atom. The van der Waals surface area contributed by atoms with Crippen molar-refractivity contribution in [3.05, 3.63) is 0 Å². The highest BCUT2D eigenvalue weighted by Gasteiger charge is 2.52. The van der Waals surface area contributed by atoms with Gasteiger partial charge in [0.25, 0.3) is 0 Å². The molecule has 0 aromatic heterocycles. The molecule has 2 saturated carbocycles. The number of hydrogen-bond acceptors (Lipinski definition) is 2. The second-order valence-corrected chi connectivity index (χ2v) is 8.95. The molecule has 0 heterocycles. The third-order valence-electron chi connectivity index (χ3n) is 5.54. The second-order valence-electron chi connectivity index (χ2n) is 6.96. The van der Waals surface area contributed by atoms with Crippen molar-refractivity contribution in [2.24, 2.45) is 17.8 Å². The summed E-state index contributed by atoms with van der Waals surface area (Å²) in [7, 11) is -4.50. The summed E-state index contributed by atoms with van der Waals surface area (Å²) < 4.78 is 11.8. The fourth-order valence-electron chi connectivity index (χ4n) is 4.46. The van der Waals surface area contributed by atoms with Gasteiger partial charge < -0.3 is 14.9 Å². The molecule has 0 bridgehead atoms. The smallest absolute Gasteiger partial charge is 0.356 e. The summed E-state index contributed by atoms with van der Waals surface area (Å²) in [4.78, 5) is 19.3. The van der Waals surface area contributed by atoms with Crippen LogP contribution in [0.25, 0.3) is 0 Å². The molecule has 20 heavy (non-hydrogen) atoms. The van der Waals surface area contributed by atoms with Crippen molar-refractivity contribution >= 4 is 7.60 Å². The number of rotatable bonds is 4. The van der Waals surface area contributed by atoms with Crippen molar-refractivity contribution < 1.29 is 19.5 Å². The highest BCUT2D eigenvalue weighted by atomic mass is 31.2. The van der Waals surface area contributed by atoms with E-state index in [4.69, 9.17) is 0 Å². The molecule has 2 aliphatic rings. The van der Waals surface area contributed by atoms with Crippen molar-refractivity contribution in [2.75, 3.05) is 0 Å². The molecule has 0 aromatic carbocycles. The van der Waals surface area contributed by atoms with Crippen LogP contribution in [0.5, 0.6) is 0 Å². The molecule has 0 aromatic rings. The van der Waals surface area contributed by atoms with E-state index >= 15 is 0 Å². The van der Waals surface area contributed by atoms with E-state index in [9.17, 15) is 19.5 Å². The van der Waals surface area contributed by atoms with Crippen LogP contribution in [0.15, 0.2) is 0 Å². The lowest BCUT2D eigenvalue weighted by molar-refractivity contribution is -0.0269. The van der Waals surface area contributed by atoms with E-state index < -0.39 is 12.9 Å². The molecular formula is C15H29O4P. The van der Waals surface area contributed by atoms with E-state index in [-0.39, 0.29) is 17.8 Å². The lowest BCUT2D eigenvalue weighted by atomic mass is 9.67. The molecule has 3 N–H and O–H groups in total. The predicted octanol–water partition coefficient (Wildman–Crippen LogP) is 3.65. The minimum absolute atomic E-state index is 0.246. The Hall–Kier alpha value is 0.110. The lowest BCUT2D eigenvalue weighted by Gasteiger charge is -2.45. The average molecular weight is 304 g/mol. The summed E-state index contributed by atoms with van der Waals surface area (Å²) in [6, 6.07) is 0. The van der Waals surface area contributed by atoms with E-state index in [2.05, 4.69) is 0 Å². The first-order valence-electron chi connectivity index (χ1n) is 8.12. The van der Waals surface area contributed by atoms with Crippen LogP contribution >= 0.6 is 7.60 Å². The van der Waals surface area contributed by atoms with Gasteiger partial charge in [-0.3, -0.25) is 4.57 Å². The maximum Gasteiger partial charge on any atom is 0.356 e. The van der Waals surface area contributed by atoms with Gasteiger partial charge in [0.1, 0.15) is 0 Å². The highest BCUT2D eigenvalue weighted by molar-refractivity contribution is 7.53. The van der Waals surface area contributed by atoms with Crippen LogP contribution in [-0.4, -0.2) is 20.2 Å². The quantitative estimate of drug-likeness (QED) is 0.693. The van der Waals surface area contributed by atoms with Crippen LogP contribution in [0, 0.1) is 17.8 Å². The Kier molecular flexibility index (Phi) is 5.34. The fraction of sp³-hybridized carbons (Fsp3) is 1.00. The predicted molar refractivity (Wildman–Crippen MR) is 79.3 cm³/mol. The Morgan fingerprint density at radius 3 is 1.55 bits per heavy atom. The van der Waals surface area contributed by atoms with Crippen LogP contribution in [0.4, 0.5) is 0 Å². The van der Waals surface area contributed by atoms with Crippen LogP contribution in [0.2, 0.25) is 0 Å². The van der Waals surface area contributed by atoms with E-state index in [1.54, 1.807) is 0 Å². The van der Waals surface area contributed by atoms with Gasteiger partial charge in [-0.1, -0.05) is 64.2 Å². The van der Waals surface area contributed by atoms with E-state index in [0.29, 0.717) is 0 Å². The Labute approximate surface area is 122 Å². The summed E-state index contributed by atoms with van der Waals surface area (Å²) in [6.45, 7) is 1.38. The van der Waals surface area contributed by atoms with E-state index in [1.807, 2.05) is 0 Å². The van der Waals surface area contributed by atoms with Gasteiger partial charge in [-0.15, -0.1) is 0 Å². The molecule has 1 unspecified atom stereocenters. The molecule has 2 rings (SSSR count). The third kappa shape index (κ3) is 3.47. The van der Waals surface area contributed by atoms with Crippen LogP contribution in [-0.2, 0) is 4.57 Å². The van der Waals surface area contributed by atoms with Crippen molar-refractivity contribution in [3.8, 4) is 0 Å². The van der Waals surface area contributed by atoms with Crippen molar-refractivity contribution in [1.82, 2.24) is 0 Å². The number of hydrogen-bond donors (Lipinski definition) is 3. The largest absolute Gasteiger partial charge is 0.377 e. The summed E-state index contributed by atoms with van der Waals surface area (Å²) in [5.74, 6) is 0.299. The van der Waals surface area contributed by atoms with Gasteiger partial charge >= 0.3 is 7.60 Å². The molecule has 0 spiro atoms. The average Bonchev–Trinajstić information content (AvgIpc) is 2.40. The number of aliphatic hydroxyl groups is 1. The lowest BCUT2D eigenvalue weighted by Crippen LogP contribution is -2.44. The van der Waals surface area contributed by atoms with Gasteiger partial charge in [0, 0.05) is 5.92 Å². The standard InChI is InChI=1S/C15H29O4P/c1-15(16,20(17,18)19)14(12-8-4-2-5-9-12)13-10-6-3-7-11-13/h12-14,16H,2-11H2,1H3,(H2,17,18,19). The summed E-state index contributed by atoms with van der Waals surface area (Å²) in [5, 5.41) is 8.79. The minimum atomic E-state index is -4.50. The zero-order valence-corrected chi connectivity index (χ0v) is 13.4. The maximum atomic E-state index is 11.8. The monoisotopic (exact) mass is 304 g/mol. The summed E-state index contributed by atoms with van der Waals surface area (Å²) >= 11 is 0. The topological polar surface area (TPSA) is 77.8 Å². The molecule has 0 aliphatic heterocycles. The van der Waals surface area contributed by atoms with Gasteiger partial charge in [0.05, 0.1) is 0 Å². The van der Waals surface area contributed by atoms with Crippen LogP contribution < -0.4 is 0 Å². The fourth-order valence-corrected chi connectivity index (χ4v) is 5.27. The Morgan fingerprint density at radius 2 is 1.25 bits per heavy atom. The third-order valence-corrected chi connectivity index (χ3v) is 7.01. The zero-order chi connectivity index (χ0) is 14.8. The van der Waals surface area contributed by atoms with Crippen molar-refractivity contribution in [3.63, 3.8) is 0 Å². The van der Waals surface area contributed by atoms with E-state index in [0.717, 1.165) is 51.4 Å². The molecule has 0 saturated heterocycles. The normalized spacial score (nSPS) is 26.6. The maximum absolute atomic E-state index is 11.8. The Bertz CT molecular complexity index is 333. The minimum Gasteiger partial charge on any atom is -0.377 e. The molecule has 4 nitrogen and oxygen atoms in total. The first-order valence-corrected chi connectivity index (χ1v) is 9.73. The SMILES string of the molecule is CC(O)(C(C1CCCCC1)C1CCCCC1)P(=O)(O)O. The molecular weight excluding hydrogens is 275 g/mol. The van der Waals surface area contributed by atoms with E-state index in [1.165, 1.54) is 19.8 Å². The second kappa shape index (κ2) is 6.48. The highest BCUT2D eigenvalue weighted by Crippen LogP contribution is 2.59. The van der Waals surface area contributed by atoms with Gasteiger partial charge in [0.2, 0.25) is 0 Å². The molecule has 118 valence electrons. The first kappa shape index (κ1) is 16.5. The molecule has 5 heteroatoms. The van der Waals surface area contributed by atoms with Gasteiger partial charge in [0.15, 0.2) is 5.34 Å². The molecule has 1 atom stereocenters. The summed E-state index contributed by atoms with van der Waals surface area (Å²) in [6.07, 6.45) is 11.0. The molecule has 0 radical (unpaired) electrons. The van der Waals surface area contributed by atoms with Crippen molar-refractivity contribution in [1.29, 1.82) is 0 Å². The van der Waals surface area contributed by atoms with Gasteiger partial charge in [-0.05, 0) is 18.8 Å². The van der Waals surface area contributed by atoms with Crippen molar-refractivity contribution in [2.45, 2.75) is 76.5 Å². The van der Waals surface area contributed by atoms with Gasteiger partial charge in [-0.25, -0.2) is 0 Å². The van der Waals surface area contributed by atoms with Crippen LogP contribution in [0.3, 0.4) is 0 Å². The zero-order valence-electron chi connectivity index (χ0n) is 12.5. The molecule has 0 amide bonds. The van der Waals surface area contributed by atoms with Gasteiger partial charge in [-0.2, -0.15) is 0 Å². The molecule has 2 aliphatic carbocycles. The first-order chi connectivity index (χ1) is 9.34. The summed E-state index contributed by atoms with van der Waals surface area (Å²) in [5.41, 5.74) is 0. The molecule has 2 fully saturated rings. The van der Waals surface area contributed by atoms with Crippen LogP contribution in [0.1, 0.15) is 71.1 Å². The Balaban J connectivity index is 2.24.